The molecule has 1 aliphatic rings. The average molecular weight is 270 g/mol. The second kappa shape index (κ2) is 5.24. The lowest BCUT2D eigenvalue weighted by molar-refractivity contribution is -0.384. The van der Waals surface area contributed by atoms with Crippen molar-refractivity contribution in [3.05, 3.63) is 58.5 Å². The first kappa shape index (κ1) is 12.5. The van der Waals surface area contributed by atoms with Crippen LogP contribution in [0, 0.1) is 16.0 Å². The maximum atomic E-state index is 10.9. The number of rotatable bonds is 5. The van der Waals surface area contributed by atoms with Crippen LogP contribution >= 0.6 is 0 Å². The van der Waals surface area contributed by atoms with Crippen LogP contribution in [0.2, 0.25) is 0 Å². The van der Waals surface area contributed by atoms with E-state index >= 15 is 0 Å². The Labute approximate surface area is 116 Å². The monoisotopic (exact) mass is 270 g/mol. The fraction of sp³-hybridized carbons (Fsp3) is 0.286. The Bertz CT molecular complexity index is 618. The highest BCUT2D eigenvalue weighted by Gasteiger charge is 2.38. The van der Waals surface area contributed by atoms with Crippen molar-refractivity contribution in [3.63, 3.8) is 0 Å². The summed E-state index contributed by atoms with van der Waals surface area (Å²) in [6.45, 7) is 0.692. The third-order valence-electron chi connectivity index (χ3n) is 3.55. The Balaban J connectivity index is 1.61. The van der Waals surface area contributed by atoms with Crippen LogP contribution in [0.5, 0.6) is 0 Å². The zero-order valence-electron chi connectivity index (χ0n) is 10.8. The fourth-order valence-corrected chi connectivity index (χ4v) is 2.38. The molecule has 102 valence electrons. The number of nitrogens with one attached hydrogen (secondary N) is 1. The molecule has 3 rings (SSSR count). The van der Waals surface area contributed by atoms with Gasteiger partial charge in [0.25, 0.3) is 0 Å². The lowest BCUT2D eigenvalue weighted by Crippen LogP contribution is -2.08. The van der Waals surface area contributed by atoms with Crippen LogP contribution in [-0.4, -0.2) is 21.4 Å². The van der Waals surface area contributed by atoms with Gasteiger partial charge in [0.15, 0.2) is 0 Å². The molecular weight excluding hydrogens is 256 g/mol. The number of aromatic nitrogens is 2. The van der Waals surface area contributed by atoms with Crippen LogP contribution in [0.25, 0.3) is 0 Å². The predicted molar refractivity (Wildman–Crippen MR) is 74.5 cm³/mol. The number of nitrogens with zero attached hydrogens (tertiary/aromatic N) is 3. The molecule has 1 fully saturated rings. The summed E-state index contributed by atoms with van der Waals surface area (Å²) in [5.74, 6) is 1.33. The molecule has 6 heteroatoms. The van der Waals surface area contributed by atoms with E-state index in [4.69, 9.17) is 0 Å². The molecule has 0 saturated heterocycles. The smallest absolute Gasteiger partial charge is 0.311 e. The highest BCUT2D eigenvalue weighted by Crippen LogP contribution is 2.47. The van der Waals surface area contributed by atoms with Gasteiger partial charge >= 0.3 is 5.69 Å². The second-order valence-electron chi connectivity index (χ2n) is 4.90. The molecule has 2 aromatic heterocycles. The van der Waals surface area contributed by atoms with Crippen LogP contribution in [-0.2, 0) is 0 Å². The van der Waals surface area contributed by atoms with Crippen LogP contribution < -0.4 is 5.32 Å². The SMILES string of the molecule is O=[N+]([O-])c1cccnc1NC[C@@H]1C[C@H]1c1cccnc1. The highest BCUT2D eigenvalue weighted by molar-refractivity contribution is 5.55. The fourth-order valence-electron chi connectivity index (χ4n) is 2.38. The third-order valence-corrected chi connectivity index (χ3v) is 3.55. The average Bonchev–Trinajstić information content (AvgIpc) is 3.26. The topological polar surface area (TPSA) is 81.0 Å². The molecular formula is C14H14N4O2. The van der Waals surface area contributed by atoms with E-state index in [1.54, 1.807) is 18.5 Å². The molecule has 0 radical (unpaired) electrons. The summed E-state index contributed by atoms with van der Waals surface area (Å²) < 4.78 is 0. The summed E-state index contributed by atoms with van der Waals surface area (Å²) in [5, 5.41) is 14.0. The van der Waals surface area contributed by atoms with Crippen LogP contribution in [0.4, 0.5) is 11.5 Å². The van der Waals surface area contributed by atoms with Gasteiger partial charge in [-0.1, -0.05) is 6.07 Å². The van der Waals surface area contributed by atoms with Gasteiger partial charge in [-0.25, -0.2) is 4.98 Å². The lowest BCUT2D eigenvalue weighted by atomic mass is 10.1. The van der Waals surface area contributed by atoms with Gasteiger partial charge in [0.05, 0.1) is 4.92 Å². The summed E-state index contributed by atoms with van der Waals surface area (Å²) >= 11 is 0. The normalized spacial score (nSPS) is 20.4. The first-order valence-electron chi connectivity index (χ1n) is 6.49. The Morgan fingerprint density at radius 3 is 2.95 bits per heavy atom. The number of pyridine rings is 2. The van der Waals surface area contributed by atoms with Gasteiger partial charge in [-0.05, 0) is 36.0 Å². The van der Waals surface area contributed by atoms with Crippen molar-refractivity contribution in [2.75, 3.05) is 11.9 Å². The van der Waals surface area contributed by atoms with Crippen LogP contribution in [0.3, 0.4) is 0 Å². The van der Waals surface area contributed by atoms with E-state index in [9.17, 15) is 10.1 Å². The first-order chi connectivity index (χ1) is 9.75. The Hall–Kier alpha value is -2.50. The van der Waals surface area contributed by atoms with Crippen molar-refractivity contribution in [3.8, 4) is 0 Å². The standard InChI is InChI=1S/C14H14N4O2/c19-18(20)13-4-2-6-16-14(13)17-9-11-7-12(11)10-3-1-5-15-8-10/h1-6,8,11-12H,7,9H2,(H,16,17)/t11-,12-/m0/s1. The van der Waals surface area contributed by atoms with Crippen molar-refractivity contribution in [1.82, 2.24) is 9.97 Å². The molecule has 1 aliphatic carbocycles. The van der Waals surface area contributed by atoms with Gasteiger partial charge in [0.2, 0.25) is 5.82 Å². The summed E-state index contributed by atoms with van der Waals surface area (Å²) in [7, 11) is 0. The molecule has 0 bridgehead atoms. The maximum absolute atomic E-state index is 10.9. The van der Waals surface area contributed by atoms with Gasteiger partial charge in [0.1, 0.15) is 0 Å². The minimum atomic E-state index is -0.416. The quantitative estimate of drug-likeness (QED) is 0.667. The predicted octanol–water partition coefficient (Wildman–Crippen LogP) is 2.60. The van der Waals surface area contributed by atoms with Crippen LogP contribution in [0.1, 0.15) is 17.9 Å². The molecule has 20 heavy (non-hydrogen) atoms. The van der Waals surface area contributed by atoms with E-state index in [1.807, 2.05) is 12.3 Å². The van der Waals surface area contributed by atoms with E-state index in [2.05, 4.69) is 21.4 Å². The molecule has 2 aromatic rings. The van der Waals surface area contributed by atoms with Crippen molar-refractivity contribution < 1.29 is 4.92 Å². The summed E-state index contributed by atoms with van der Waals surface area (Å²) in [6.07, 6.45) is 6.28. The molecule has 6 nitrogen and oxygen atoms in total. The van der Waals surface area contributed by atoms with Gasteiger partial charge in [-0.2, -0.15) is 0 Å². The Morgan fingerprint density at radius 1 is 1.35 bits per heavy atom. The van der Waals surface area contributed by atoms with Gasteiger partial charge in [-0.15, -0.1) is 0 Å². The highest BCUT2D eigenvalue weighted by atomic mass is 16.6. The molecule has 0 spiro atoms. The molecule has 0 aromatic carbocycles. The van der Waals surface area contributed by atoms with Crippen molar-refractivity contribution in [2.45, 2.75) is 12.3 Å². The lowest BCUT2D eigenvalue weighted by Gasteiger charge is -2.05. The van der Waals surface area contributed by atoms with Crippen molar-refractivity contribution in [1.29, 1.82) is 0 Å². The van der Waals surface area contributed by atoms with Crippen molar-refractivity contribution in [2.24, 2.45) is 5.92 Å². The van der Waals surface area contributed by atoms with Gasteiger partial charge in [0, 0.05) is 31.2 Å². The largest absolute Gasteiger partial charge is 0.364 e. The van der Waals surface area contributed by atoms with Gasteiger partial charge < -0.3 is 5.32 Å². The van der Waals surface area contributed by atoms with Crippen LogP contribution in [0.15, 0.2) is 42.9 Å². The molecule has 0 unspecified atom stereocenters. The number of hydrogen-bond donors (Lipinski definition) is 1. The molecule has 1 saturated carbocycles. The minimum absolute atomic E-state index is 0.0195. The van der Waals surface area contributed by atoms with E-state index in [1.165, 1.54) is 11.6 Å². The molecule has 2 heterocycles. The zero-order chi connectivity index (χ0) is 13.9. The second-order valence-corrected chi connectivity index (χ2v) is 4.90. The maximum Gasteiger partial charge on any atom is 0.311 e. The van der Waals surface area contributed by atoms with E-state index < -0.39 is 4.92 Å². The first-order valence-corrected chi connectivity index (χ1v) is 6.49. The molecule has 0 amide bonds. The van der Waals surface area contributed by atoms with E-state index in [0.29, 0.717) is 24.2 Å². The van der Waals surface area contributed by atoms with E-state index in [0.717, 1.165) is 6.42 Å². The third kappa shape index (κ3) is 2.59. The summed E-state index contributed by atoms with van der Waals surface area (Å²) in [6, 6.07) is 7.03. The summed E-state index contributed by atoms with van der Waals surface area (Å²) in [5.41, 5.74) is 1.25. The molecule has 1 N–H and O–H groups in total. The minimum Gasteiger partial charge on any atom is -0.364 e. The summed E-state index contributed by atoms with van der Waals surface area (Å²) in [4.78, 5) is 18.6. The molecule has 0 aliphatic heterocycles. The number of anilines is 1. The van der Waals surface area contributed by atoms with E-state index in [-0.39, 0.29) is 5.69 Å². The molecule has 2 atom stereocenters. The zero-order valence-corrected chi connectivity index (χ0v) is 10.8. The van der Waals surface area contributed by atoms with Gasteiger partial charge in [-0.3, -0.25) is 15.1 Å². The number of nitro groups is 1. The van der Waals surface area contributed by atoms with Crippen molar-refractivity contribution >= 4 is 11.5 Å². The number of hydrogen-bond acceptors (Lipinski definition) is 5. The Morgan fingerprint density at radius 2 is 2.20 bits per heavy atom. The Kier molecular flexibility index (Phi) is 3.28.